The Morgan fingerprint density at radius 2 is 2.06 bits per heavy atom. The number of nitrogens with one attached hydrogen (secondary N) is 1. The lowest BCUT2D eigenvalue weighted by molar-refractivity contribution is -0.0410. The van der Waals surface area contributed by atoms with Crippen molar-refractivity contribution in [3.8, 4) is 0 Å². The maximum Gasteiger partial charge on any atom is 0.330 e. The van der Waals surface area contributed by atoms with E-state index in [4.69, 9.17) is 9.84 Å². The summed E-state index contributed by atoms with van der Waals surface area (Å²) in [6, 6.07) is 0. The molecule has 0 saturated carbocycles. The Kier molecular flexibility index (Phi) is 3.35. The minimum absolute atomic E-state index is 0.250. The van der Waals surface area contributed by atoms with Gasteiger partial charge in [-0.3, -0.25) is 14.3 Å². The SMILES string of the molecule is Cc1cn([13C@@H]2O[13C@H]([13C]O)[13C@@H](O)[13C@H]2O)c(=O)[nH]c1=O. The molecule has 1 aromatic heterocycles. The molecule has 8 heteroatoms. The van der Waals surface area contributed by atoms with Crippen LogP contribution in [0.3, 0.4) is 0 Å². The normalized spacial score (nSPS) is 31.8. The summed E-state index contributed by atoms with van der Waals surface area (Å²) in [5.41, 5.74) is -1.07. The molecule has 1 aliphatic rings. The monoisotopic (exact) mass is 261 g/mol. The molecule has 0 amide bonds. The molecular weight excluding hydrogens is 249 g/mol. The molecule has 2 heterocycles. The van der Waals surface area contributed by atoms with Crippen molar-refractivity contribution in [1.29, 1.82) is 0 Å². The van der Waals surface area contributed by atoms with Crippen LogP contribution in [0.15, 0.2) is 15.8 Å². The lowest BCUT2D eigenvalue weighted by Gasteiger charge is -2.17. The van der Waals surface area contributed by atoms with Gasteiger partial charge in [-0.15, -0.1) is 0 Å². The highest BCUT2D eigenvalue weighted by molar-refractivity contribution is 5.03. The van der Waals surface area contributed by atoms with Crippen molar-refractivity contribution in [3.63, 3.8) is 0 Å². The molecule has 1 saturated heterocycles. The van der Waals surface area contributed by atoms with Crippen LogP contribution in [0, 0.1) is 13.5 Å². The number of aromatic amines is 1. The maximum atomic E-state index is 11.6. The molecule has 98 valence electrons. The van der Waals surface area contributed by atoms with Crippen molar-refractivity contribution in [2.75, 3.05) is 0 Å². The number of aliphatic hydroxyl groups is 3. The van der Waals surface area contributed by atoms with Crippen molar-refractivity contribution in [2.45, 2.75) is 31.5 Å². The van der Waals surface area contributed by atoms with E-state index in [0.29, 0.717) is 0 Å². The van der Waals surface area contributed by atoms with Gasteiger partial charge >= 0.3 is 5.69 Å². The molecule has 0 aromatic carbocycles. The number of nitrogens with zero attached hydrogens (tertiary/aromatic N) is 1. The summed E-state index contributed by atoms with van der Waals surface area (Å²) in [6.07, 6.45) is -4.03. The van der Waals surface area contributed by atoms with E-state index in [1.165, 1.54) is 13.1 Å². The van der Waals surface area contributed by atoms with E-state index in [1.54, 1.807) is 6.61 Å². The zero-order chi connectivity index (χ0) is 13.4. The van der Waals surface area contributed by atoms with Crippen molar-refractivity contribution in [2.24, 2.45) is 0 Å². The minimum atomic E-state index is -1.42. The first-order chi connectivity index (χ1) is 8.45. The first-order valence-corrected chi connectivity index (χ1v) is 5.19. The van der Waals surface area contributed by atoms with E-state index >= 15 is 0 Å². The fourth-order valence-corrected chi connectivity index (χ4v) is 1.77. The summed E-state index contributed by atoms with van der Waals surface area (Å²) < 4.78 is 6.02. The summed E-state index contributed by atoms with van der Waals surface area (Å²) >= 11 is 0. The van der Waals surface area contributed by atoms with E-state index in [0.717, 1.165) is 4.57 Å². The van der Waals surface area contributed by atoms with Crippen LogP contribution in [0.25, 0.3) is 0 Å². The summed E-state index contributed by atoms with van der Waals surface area (Å²) in [4.78, 5) is 24.8. The fourth-order valence-electron chi connectivity index (χ4n) is 1.77. The van der Waals surface area contributed by atoms with Crippen LogP contribution >= 0.6 is 0 Å². The molecular formula is C10H12N2O6. The molecule has 0 bridgehead atoms. The number of aromatic nitrogens is 2. The predicted octanol–water partition coefficient (Wildman–Crippen LogP) is -2.12. The van der Waals surface area contributed by atoms with Gasteiger partial charge in [0.25, 0.3) is 5.56 Å². The minimum Gasteiger partial charge on any atom is -0.387 e. The van der Waals surface area contributed by atoms with E-state index < -0.39 is 35.8 Å². The Morgan fingerprint density at radius 3 is 2.61 bits per heavy atom. The summed E-state index contributed by atoms with van der Waals surface area (Å²) in [5, 5.41) is 27.9. The highest BCUT2D eigenvalue weighted by Gasteiger charge is 2.44. The third-order valence-electron chi connectivity index (χ3n) is 2.79. The summed E-state index contributed by atoms with van der Waals surface area (Å²) in [5.74, 6) is 0. The van der Waals surface area contributed by atoms with Gasteiger partial charge in [0.05, 0.1) is 0 Å². The Morgan fingerprint density at radius 1 is 1.39 bits per heavy atom. The van der Waals surface area contributed by atoms with Crippen LogP contribution in [0.1, 0.15) is 11.8 Å². The molecule has 1 aliphatic heterocycles. The zero-order valence-electron chi connectivity index (χ0n) is 9.40. The Balaban J connectivity index is 2.42. The quantitative estimate of drug-likeness (QED) is 0.451. The number of rotatable bonds is 2. The van der Waals surface area contributed by atoms with Crippen LogP contribution in [-0.4, -0.2) is 43.2 Å². The van der Waals surface area contributed by atoms with Crippen molar-refractivity contribution >= 4 is 0 Å². The Labute approximate surface area is 101 Å². The molecule has 2 radical (unpaired) electrons. The van der Waals surface area contributed by atoms with Gasteiger partial charge in [-0.1, -0.05) is 0 Å². The second kappa shape index (κ2) is 4.65. The molecule has 0 unspecified atom stereocenters. The number of aliphatic hydroxyl groups excluding tert-OH is 3. The van der Waals surface area contributed by atoms with E-state index in [9.17, 15) is 19.8 Å². The molecule has 0 spiro atoms. The highest BCUT2D eigenvalue weighted by atomic mass is 16.8. The van der Waals surface area contributed by atoms with Crippen LogP contribution in [0.2, 0.25) is 0 Å². The largest absolute Gasteiger partial charge is 0.387 e. The molecule has 4 atom stereocenters. The highest BCUT2D eigenvalue weighted by Crippen LogP contribution is 2.28. The molecule has 18 heavy (non-hydrogen) atoms. The third kappa shape index (κ3) is 1.99. The average Bonchev–Trinajstić information content (AvgIpc) is 2.61. The summed E-state index contributed by atoms with van der Waals surface area (Å²) in [6.45, 7) is 3.15. The van der Waals surface area contributed by atoms with Gasteiger partial charge < -0.3 is 20.1 Å². The first-order valence-electron chi connectivity index (χ1n) is 5.19. The van der Waals surface area contributed by atoms with Crippen molar-refractivity contribution < 1.29 is 20.1 Å². The van der Waals surface area contributed by atoms with Gasteiger partial charge in [0, 0.05) is 11.8 Å². The molecule has 8 nitrogen and oxygen atoms in total. The van der Waals surface area contributed by atoms with Crippen LogP contribution < -0.4 is 11.2 Å². The third-order valence-corrected chi connectivity index (χ3v) is 2.79. The lowest BCUT2D eigenvalue weighted by atomic mass is 10.4. The predicted molar refractivity (Wildman–Crippen MR) is 57.2 cm³/mol. The van der Waals surface area contributed by atoms with E-state index in [2.05, 4.69) is 0 Å². The van der Waals surface area contributed by atoms with Crippen LogP contribution in [0.5, 0.6) is 0 Å². The van der Waals surface area contributed by atoms with Crippen LogP contribution in [-0.2, 0) is 4.74 Å². The zero-order valence-corrected chi connectivity index (χ0v) is 9.40. The molecule has 2 rings (SSSR count). The van der Waals surface area contributed by atoms with Gasteiger partial charge in [-0.25, -0.2) is 4.79 Å². The van der Waals surface area contributed by atoms with Gasteiger partial charge in [0.1, 0.15) is 18.3 Å². The lowest BCUT2D eigenvalue weighted by Crippen LogP contribution is -2.38. The van der Waals surface area contributed by atoms with Gasteiger partial charge in [0.2, 0.25) is 0 Å². The Hall–Kier alpha value is -1.48. The molecule has 1 aromatic rings. The van der Waals surface area contributed by atoms with Gasteiger partial charge in [0.15, 0.2) is 12.8 Å². The van der Waals surface area contributed by atoms with Gasteiger partial charge in [-0.2, -0.15) is 0 Å². The standard InChI is InChI=1S/C10H12N2O6/c1-4-2-12(10(17)11-8(4)16)9-7(15)6(14)5(3-13)18-9/h2,5-7,9,13-15H,1H3,(H,11,16,17)/t5-,6-,7-,9-/m1/s1/i3+1,5+1,6+1,7+1,9+1. The number of H-pyrrole nitrogens is 1. The van der Waals surface area contributed by atoms with Gasteiger partial charge in [-0.05, 0) is 6.92 Å². The van der Waals surface area contributed by atoms with E-state index in [-0.39, 0.29) is 5.56 Å². The second-order valence-corrected chi connectivity index (χ2v) is 4.04. The smallest absolute Gasteiger partial charge is 0.330 e. The second-order valence-electron chi connectivity index (χ2n) is 4.04. The molecule has 1 fully saturated rings. The van der Waals surface area contributed by atoms with Crippen molar-refractivity contribution in [3.05, 3.63) is 39.2 Å². The summed E-state index contributed by atoms with van der Waals surface area (Å²) in [7, 11) is 0. The maximum absolute atomic E-state index is 11.6. The van der Waals surface area contributed by atoms with Crippen LogP contribution in [0.4, 0.5) is 0 Å². The average molecular weight is 261 g/mol. The number of aryl methyl sites for hydroxylation is 1. The van der Waals surface area contributed by atoms with Crippen molar-refractivity contribution in [1.82, 2.24) is 9.55 Å². The number of ether oxygens (including phenoxy) is 1. The van der Waals surface area contributed by atoms with E-state index in [1.807, 2.05) is 4.98 Å². The Bertz CT molecular complexity index is 550. The molecule has 4 N–H and O–H groups in total. The first kappa shape index (κ1) is 13.0. The fraction of sp³-hybridized carbons (Fsp3) is 0.500. The number of hydrogen-bond donors (Lipinski definition) is 4. The molecule has 0 aliphatic carbocycles. The number of hydrogen-bond acceptors (Lipinski definition) is 6. The topological polar surface area (TPSA) is 125 Å².